The van der Waals surface area contributed by atoms with Crippen molar-refractivity contribution in [1.29, 1.82) is 0 Å². The van der Waals surface area contributed by atoms with E-state index in [1.165, 1.54) is 6.26 Å². The quantitative estimate of drug-likeness (QED) is 0.701. The molecule has 0 heterocycles. The number of nitrogens with one attached hydrogen (secondary N) is 2. The summed E-state index contributed by atoms with van der Waals surface area (Å²) in [6.45, 7) is 4.85. The Balaban J connectivity index is 2.10. The van der Waals surface area contributed by atoms with Gasteiger partial charge in [-0.05, 0) is 18.8 Å². The average Bonchev–Trinajstić information content (AvgIpc) is 1.90. The monoisotopic (exact) mass is 220 g/mol. The fourth-order valence-corrected chi connectivity index (χ4v) is 2.32. The van der Waals surface area contributed by atoms with Gasteiger partial charge in [-0.25, -0.2) is 13.1 Å². The molecule has 1 rings (SSSR count). The van der Waals surface area contributed by atoms with E-state index in [1.807, 2.05) is 0 Å². The molecule has 5 heteroatoms. The highest BCUT2D eigenvalue weighted by molar-refractivity contribution is 7.88. The van der Waals surface area contributed by atoms with Crippen molar-refractivity contribution in [3.8, 4) is 0 Å². The zero-order chi connectivity index (χ0) is 10.8. The van der Waals surface area contributed by atoms with Gasteiger partial charge in [0.1, 0.15) is 0 Å². The molecule has 84 valence electrons. The molecule has 14 heavy (non-hydrogen) atoms. The van der Waals surface area contributed by atoms with Gasteiger partial charge in [-0.1, -0.05) is 13.8 Å². The molecule has 1 aliphatic carbocycles. The molecular weight excluding hydrogens is 200 g/mol. The van der Waals surface area contributed by atoms with Crippen LogP contribution in [0.25, 0.3) is 0 Å². The van der Waals surface area contributed by atoms with Gasteiger partial charge in [-0.2, -0.15) is 0 Å². The topological polar surface area (TPSA) is 58.2 Å². The third kappa shape index (κ3) is 4.39. The van der Waals surface area contributed by atoms with Crippen LogP contribution in [-0.4, -0.2) is 33.3 Å². The maximum Gasteiger partial charge on any atom is 0.208 e. The molecule has 0 amide bonds. The Morgan fingerprint density at radius 1 is 1.36 bits per heavy atom. The van der Waals surface area contributed by atoms with Gasteiger partial charge in [0.05, 0.1) is 6.26 Å². The number of hydrogen-bond acceptors (Lipinski definition) is 3. The Morgan fingerprint density at radius 2 is 1.93 bits per heavy atom. The summed E-state index contributed by atoms with van der Waals surface area (Å²) in [6, 6.07) is 1.10. The summed E-state index contributed by atoms with van der Waals surface area (Å²) in [4.78, 5) is 0. The largest absolute Gasteiger partial charge is 0.312 e. The van der Waals surface area contributed by atoms with E-state index in [9.17, 15) is 8.42 Å². The van der Waals surface area contributed by atoms with Crippen LogP contribution >= 0.6 is 0 Å². The third-order valence-electron chi connectivity index (χ3n) is 2.44. The molecule has 0 spiro atoms. The SMILES string of the molecule is CC(C)NC1CC(CNS(C)(=O)=O)C1. The molecular formula is C9H20N2O2S. The Morgan fingerprint density at radius 3 is 2.36 bits per heavy atom. The molecule has 0 aliphatic heterocycles. The summed E-state index contributed by atoms with van der Waals surface area (Å²) in [5, 5.41) is 3.43. The van der Waals surface area contributed by atoms with Crippen LogP contribution in [-0.2, 0) is 10.0 Å². The van der Waals surface area contributed by atoms with Gasteiger partial charge in [0.2, 0.25) is 10.0 Å². The Bertz CT molecular complexity index is 269. The van der Waals surface area contributed by atoms with Crippen LogP contribution in [0.1, 0.15) is 26.7 Å². The highest BCUT2D eigenvalue weighted by Gasteiger charge is 2.29. The highest BCUT2D eigenvalue weighted by atomic mass is 32.2. The molecule has 1 fully saturated rings. The van der Waals surface area contributed by atoms with E-state index in [1.54, 1.807) is 0 Å². The lowest BCUT2D eigenvalue weighted by molar-refractivity contribution is 0.214. The molecule has 0 aromatic rings. The highest BCUT2D eigenvalue weighted by Crippen LogP contribution is 2.26. The van der Waals surface area contributed by atoms with E-state index in [-0.39, 0.29) is 0 Å². The van der Waals surface area contributed by atoms with Gasteiger partial charge in [-0.3, -0.25) is 0 Å². The van der Waals surface area contributed by atoms with Gasteiger partial charge in [0, 0.05) is 18.6 Å². The van der Waals surface area contributed by atoms with Crippen molar-refractivity contribution in [2.75, 3.05) is 12.8 Å². The second kappa shape index (κ2) is 4.59. The zero-order valence-corrected chi connectivity index (χ0v) is 9.89. The van der Waals surface area contributed by atoms with E-state index < -0.39 is 10.0 Å². The van der Waals surface area contributed by atoms with Gasteiger partial charge in [0.15, 0.2) is 0 Å². The molecule has 0 aromatic heterocycles. The Hall–Kier alpha value is -0.130. The number of hydrogen-bond donors (Lipinski definition) is 2. The minimum absolute atomic E-state index is 0.515. The molecule has 1 saturated carbocycles. The zero-order valence-electron chi connectivity index (χ0n) is 9.08. The standard InChI is InChI=1S/C9H20N2O2S/c1-7(2)11-9-4-8(5-9)6-10-14(3,12)13/h7-11H,4-6H2,1-3H3. The maximum absolute atomic E-state index is 10.8. The van der Waals surface area contributed by atoms with Crippen LogP contribution in [0.3, 0.4) is 0 Å². The first-order valence-electron chi connectivity index (χ1n) is 5.07. The normalized spacial score (nSPS) is 27.7. The Kier molecular flexibility index (Phi) is 3.92. The fourth-order valence-electron chi connectivity index (χ4n) is 1.78. The summed E-state index contributed by atoms with van der Waals surface area (Å²) in [5.74, 6) is 0.515. The lowest BCUT2D eigenvalue weighted by Crippen LogP contribution is -2.47. The van der Waals surface area contributed by atoms with Crippen molar-refractivity contribution in [3.63, 3.8) is 0 Å². The molecule has 0 radical (unpaired) electrons. The summed E-state index contributed by atoms with van der Waals surface area (Å²) < 4.78 is 24.2. The third-order valence-corrected chi connectivity index (χ3v) is 3.13. The van der Waals surface area contributed by atoms with Gasteiger partial charge in [0.25, 0.3) is 0 Å². The number of rotatable bonds is 5. The molecule has 0 saturated heterocycles. The first-order chi connectivity index (χ1) is 6.37. The van der Waals surface area contributed by atoms with Crippen LogP contribution in [0.2, 0.25) is 0 Å². The van der Waals surface area contributed by atoms with Crippen molar-refractivity contribution < 1.29 is 8.42 Å². The van der Waals surface area contributed by atoms with Crippen molar-refractivity contribution in [3.05, 3.63) is 0 Å². The lowest BCUT2D eigenvalue weighted by Gasteiger charge is -2.37. The van der Waals surface area contributed by atoms with E-state index in [0.717, 1.165) is 12.8 Å². The molecule has 0 unspecified atom stereocenters. The second-order valence-corrected chi connectivity index (χ2v) is 6.31. The van der Waals surface area contributed by atoms with Crippen LogP contribution in [0.5, 0.6) is 0 Å². The van der Waals surface area contributed by atoms with Crippen LogP contribution in [0, 0.1) is 5.92 Å². The minimum atomic E-state index is -3.01. The van der Waals surface area contributed by atoms with E-state index >= 15 is 0 Å². The smallest absolute Gasteiger partial charge is 0.208 e. The first kappa shape index (κ1) is 11.9. The van der Waals surface area contributed by atoms with E-state index in [4.69, 9.17) is 0 Å². The Labute approximate surface area is 86.5 Å². The van der Waals surface area contributed by atoms with Crippen molar-refractivity contribution in [2.24, 2.45) is 5.92 Å². The van der Waals surface area contributed by atoms with Crippen molar-refractivity contribution in [1.82, 2.24) is 10.0 Å². The van der Waals surface area contributed by atoms with Crippen molar-refractivity contribution in [2.45, 2.75) is 38.8 Å². The van der Waals surface area contributed by atoms with Gasteiger partial charge < -0.3 is 5.32 Å². The minimum Gasteiger partial charge on any atom is -0.312 e. The average molecular weight is 220 g/mol. The van der Waals surface area contributed by atoms with Crippen LogP contribution in [0.15, 0.2) is 0 Å². The molecule has 0 aromatic carbocycles. The molecule has 4 nitrogen and oxygen atoms in total. The summed E-state index contributed by atoms with van der Waals surface area (Å²) in [5.41, 5.74) is 0. The molecule has 0 bridgehead atoms. The van der Waals surface area contributed by atoms with Crippen molar-refractivity contribution >= 4 is 10.0 Å². The predicted molar refractivity (Wildman–Crippen MR) is 57.6 cm³/mol. The van der Waals surface area contributed by atoms with E-state index in [2.05, 4.69) is 23.9 Å². The van der Waals surface area contributed by atoms with Gasteiger partial charge in [-0.15, -0.1) is 0 Å². The summed E-state index contributed by atoms with van der Waals surface area (Å²) in [6.07, 6.45) is 3.37. The summed E-state index contributed by atoms with van der Waals surface area (Å²) >= 11 is 0. The van der Waals surface area contributed by atoms with Crippen LogP contribution < -0.4 is 10.0 Å². The molecule has 1 aliphatic rings. The fraction of sp³-hybridized carbons (Fsp3) is 1.00. The van der Waals surface area contributed by atoms with E-state index in [0.29, 0.717) is 24.5 Å². The second-order valence-electron chi connectivity index (χ2n) is 4.48. The summed E-state index contributed by atoms with van der Waals surface area (Å²) in [7, 11) is -3.01. The molecule has 2 N–H and O–H groups in total. The maximum atomic E-state index is 10.8. The van der Waals surface area contributed by atoms with Gasteiger partial charge >= 0.3 is 0 Å². The first-order valence-corrected chi connectivity index (χ1v) is 6.96. The predicted octanol–water partition coefficient (Wildman–Crippen LogP) is 0.312. The molecule has 0 atom stereocenters. The number of sulfonamides is 1. The lowest BCUT2D eigenvalue weighted by atomic mass is 9.80. The van der Waals surface area contributed by atoms with Crippen LogP contribution in [0.4, 0.5) is 0 Å².